The van der Waals surface area contributed by atoms with E-state index in [-0.39, 0.29) is 72.2 Å². The van der Waals surface area contributed by atoms with Gasteiger partial charge in [0.1, 0.15) is 0 Å². The maximum Gasteiger partial charge on any atom is 0.316 e. The van der Waals surface area contributed by atoms with Crippen LogP contribution >= 0.6 is 0 Å². The normalized spacial score (nSPS) is 6.67. The number of carboxylic acid groups (broad SMARTS) is 1. The van der Waals surface area contributed by atoms with E-state index in [1.165, 1.54) is 18.4 Å². The summed E-state index contributed by atoms with van der Waals surface area (Å²) in [6.07, 6.45) is -0.0388. The summed E-state index contributed by atoms with van der Waals surface area (Å²) in [6, 6.07) is 2.95. The van der Waals surface area contributed by atoms with Gasteiger partial charge in [0, 0.05) is 6.07 Å². The molecule has 0 radical (unpaired) electrons. The van der Waals surface area contributed by atoms with Crippen LogP contribution in [0.15, 0.2) is 22.8 Å². The Morgan fingerprint density at radius 3 is 2.50 bits per heavy atom. The van der Waals surface area contributed by atoms with Crippen LogP contribution in [0.25, 0.3) is 0 Å². The minimum Gasteiger partial charge on any atom is 0.316 e. The van der Waals surface area contributed by atoms with Crippen LogP contribution in [0.2, 0.25) is 0 Å². The first-order valence-corrected chi connectivity index (χ1v) is 2.23. The second kappa shape index (κ2) is 9.62. The van der Waals surface area contributed by atoms with Gasteiger partial charge >= 0.3 is 66.9 Å². The smallest absolute Gasteiger partial charge is 0.316 e. The number of ether oxygens (including phenoxy) is 1. The third-order valence-corrected chi connectivity index (χ3v) is 0.683. The molecule has 0 fully saturated rings. The first kappa shape index (κ1) is 18.3. The molecule has 0 spiro atoms. The minimum atomic E-state index is -1.37. The molecule has 0 saturated heterocycles. The van der Waals surface area contributed by atoms with Crippen molar-refractivity contribution in [1.82, 2.24) is 0 Å². The molecule has 12 heavy (non-hydrogen) atoms. The molecule has 1 rings (SSSR count). The molecule has 1 aromatic rings. The van der Waals surface area contributed by atoms with Crippen molar-refractivity contribution in [2.45, 2.75) is 0 Å². The Hall–Kier alpha value is 0.536. The summed E-state index contributed by atoms with van der Waals surface area (Å²) >= 11 is 0. The van der Waals surface area contributed by atoms with Crippen molar-refractivity contribution < 1.29 is 24.5 Å². The van der Waals surface area contributed by atoms with E-state index in [4.69, 9.17) is 5.11 Å². The maximum atomic E-state index is 9.78. The van der Waals surface area contributed by atoms with E-state index < -0.39 is 6.16 Å². The van der Waals surface area contributed by atoms with Gasteiger partial charge in [-0.05, 0) is 6.07 Å². The van der Waals surface area contributed by atoms with Crippen molar-refractivity contribution in [3.8, 4) is 5.95 Å². The summed E-state index contributed by atoms with van der Waals surface area (Å²) in [7, 11) is 0. The standard InChI is InChI=1S/C5H4O4.Ca.Mg.H2O.4H/c6-5(7)9-4-2-1-3-8-4;;;;;;;/h1-3H,(H,6,7);;;1H2;;;;. The van der Waals surface area contributed by atoms with Gasteiger partial charge in [-0.25, -0.2) is 4.79 Å². The zero-order valence-corrected chi connectivity index (χ0v) is 4.90. The van der Waals surface area contributed by atoms with Crippen LogP contribution in [0.1, 0.15) is 0 Å². The Morgan fingerprint density at radius 2 is 2.17 bits per heavy atom. The largest absolute Gasteiger partial charge is 0.316 e. The fraction of sp³-hybridized carbons (Fsp3) is 0. The van der Waals surface area contributed by atoms with Crippen molar-refractivity contribution in [2.24, 2.45) is 0 Å². The number of furan rings is 1. The Bertz CT molecular complexity index is 200. The third kappa shape index (κ3) is 7.20. The van der Waals surface area contributed by atoms with Gasteiger partial charge in [0.2, 0.25) is 0 Å². The molecule has 0 unspecified atom stereocenters. The van der Waals surface area contributed by atoms with Crippen LogP contribution in [0, 0.1) is 0 Å². The second-order valence-corrected chi connectivity index (χ2v) is 1.30. The van der Waals surface area contributed by atoms with Crippen molar-refractivity contribution in [2.75, 3.05) is 0 Å². The van der Waals surface area contributed by atoms with Crippen LogP contribution in [-0.4, -0.2) is 77.5 Å². The number of hydrogen-bond donors (Lipinski definition) is 1. The molecule has 1 aromatic heterocycles. The SMILES string of the molecule is O.O=C(O)Oc1ccco1.[CaH2].[MgH2]. The van der Waals surface area contributed by atoms with Crippen molar-refractivity contribution in [3.63, 3.8) is 0 Å². The zero-order valence-electron chi connectivity index (χ0n) is 4.90. The predicted octanol–water partition coefficient (Wildman–Crippen LogP) is -1.32. The first-order chi connectivity index (χ1) is 4.29. The Balaban J connectivity index is -0.000000270. The molecule has 64 valence electrons. The molecule has 0 aliphatic rings. The van der Waals surface area contributed by atoms with Crippen molar-refractivity contribution >= 4 is 66.9 Å². The molecule has 0 saturated carbocycles. The number of hydrogen-bond acceptors (Lipinski definition) is 3. The number of carbonyl (C=O) groups is 1. The number of rotatable bonds is 1. The molecule has 1 heterocycles. The van der Waals surface area contributed by atoms with Crippen LogP contribution in [0.4, 0.5) is 4.79 Å². The fourth-order valence-electron chi connectivity index (χ4n) is 0.408. The van der Waals surface area contributed by atoms with Crippen molar-refractivity contribution in [1.29, 1.82) is 0 Å². The van der Waals surface area contributed by atoms with E-state index in [0.29, 0.717) is 0 Å². The quantitative estimate of drug-likeness (QED) is 0.464. The summed E-state index contributed by atoms with van der Waals surface area (Å²) in [5.74, 6) is -0.0116. The van der Waals surface area contributed by atoms with E-state index >= 15 is 0 Å². The van der Waals surface area contributed by atoms with Gasteiger partial charge in [-0.2, -0.15) is 0 Å². The summed E-state index contributed by atoms with van der Waals surface area (Å²) < 4.78 is 8.65. The van der Waals surface area contributed by atoms with Crippen LogP contribution in [-0.2, 0) is 0 Å². The Labute approximate surface area is 115 Å². The molecule has 5 nitrogen and oxygen atoms in total. The van der Waals surface area contributed by atoms with Gasteiger partial charge in [0.25, 0.3) is 5.95 Å². The molecule has 0 amide bonds. The third-order valence-electron chi connectivity index (χ3n) is 0.683. The van der Waals surface area contributed by atoms with Gasteiger partial charge in [-0.3, -0.25) is 0 Å². The van der Waals surface area contributed by atoms with E-state index in [2.05, 4.69) is 9.15 Å². The van der Waals surface area contributed by atoms with Crippen molar-refractivity contribution in [3.05, 3.63) is 18.4 Å². The van der Waals surface area contributed by atoms with Gasteiger partial charge in [0.15, 0.2) is 0 Å². The summed E-state index contributed by atoms with van der Waals surface area (Å²) in [5.41, 5.74) is 0. The van der Waals surface area contributed by atoms with Crippen LogP contribution in [0.5, 0.6) is 5.95 Å². The van der Waals surface area contributed by atoms with Gasteiger partial charge < -0.3 is 19.7 Å². The molecule has 0 aliphatic carbocycles. The molecular formula is C5H10CaMgO5. The first-order valence-electron chi connectivity index (χ1n) is 2.23. The van der Waals surface area contributed by atoms with E-state index in [0.717, 1.165) is 0 Å². The Kier molecular flexibility index (Phi) is 14.7. The topological polar surface area (TPSA) is 91.2 Å². The fourth-order valence-corrected chi connectivity index (χ4v) is 0.408. The maximum absolute atomic E-state index is 9.78. The predicted molar refractivity (Wildman–Crippen MR) is 48.1 cm³/mol. The summed E-state index contributed by atoms with van der Waals surface area (Å²) in [6.45, 7) is 0. The molecular weight excluding hydrogens is 204 g/mol. The van der Waals surface area contributed by atoms with Crippen LogP contribution in [0.3, 0.4) is 0 Å². The van der Waals surface area contributed by atoms with Gasteiger partial charge in [-0.15, -0.1) is 0 Å². The van der Waals surface area contributed by atoms with Gasteiger partial charge in [0.05, 0.1) is 6.26 Å². The average Bonchev–Trinajstić information content (AvgIpc) is 2.15. The molecule has 7 heteroatoms. The van der Waals surface area contributed by atoms with E-state index in [1.807, 2.05) is 0 Å². The summed E-state index contributed by atoms with van der Waals surface area (Å²) in [5, 5.41) is 8.00. The van der Waals surface area contributed by atoms with Gasteiger partial charge in [-0.1, -0.05) is 0 Å². The monoisotopic (exact) mass is 214 g/mol. The van der Waals surface area contributed by atoms with E-state index in [1.54, 1.807) is 0 Å². The Morgan fingerprint density at radius 1 is 1.58 bits per heavy atom. The average molecular weight is 215 g/mol. The minimum absolute atomic E-state index is 0. The van der Waals surface area contributed by atoms with Crippen LogP contribution < -0.4 is 4.74 Å². The molecule has 0 aromatic carbocycles. The molecule has 0 aliphatic heterocycles. The summed E-state index contributed by atoms with van der Waals surface area (Å²) in [4.78, 5) is 9.78. The molecule has 0 atom stereocenters. The zero-order chi connectivity index (χ0) is 6.69. The second-order valence-electron chi connectivity index (χ2n) is 1.30. The molecule has 0 bridgehead atoms. The van der Waals surface area contributed by atoms with E-state index in [9.17, 15) is 4.79 Å². The molecule has 3 N–H and O–H groups in total.